The molecule has 0 amide bonds. The van der Waals surface area contributed by atoms with E-state index in [0.717, 1.165) is 0 Å². The standard InChI is InChI=1S/C10H19NO4S/c1-7(2)5-9(10(12)13)11-8-3-4-16(14,15)6-8/h7-9,11H,3-6H2,1-2H3,(H,12,13)/t8?,9-/m1/s1. The Morgan fingerprint density at radius 2 is 2.12 bits per heavy atom. The first kappa shape index (κ1) is 13.4. The van der Waals surface area contributed by atoms with Crippen LogP contribution in [0.25, 0.3) is 0 Å². The van der Waals surface area contributed by atoms with E-state index in [9.17, 15) is 13.2 Å². The summed E-state index contributed by atoms with van der Waals surface area (Å²) in [5.41, 5.74) is 0. The lowest BCUT2D eigenvalue weighted by Crippen LogP contribution is -2.44. The highest BCUT2D eigenvalue weighted by Gasteiger charge is 2.31. The van der Waals surface area contributed by atoms with Gasteiger partial charge in [0.2, 0.25) is 0 Å². The minimum Gasteiger partial charge on any atom is -0.480 e. The first-order valence-electron chi connectivity index (χ1n) is 5.49. The average molecular weight is 249 g/mol. The molecule has 0 aromatic heterocycles. The molecule has 0 aliphatic carbocycles. The molecule has 0 bridgehead atoms. The fourth-order valence-corrected chi connectivity index (χ4v) is 3.61. The molecule has 0 spiro atoms. The Morgan fingerprint density at radius 1 is 1.50 bits per heavy atom. The summed E-state index contributed by atoms with van der Waals surface area (Å²) in [6, 6.07) is -0.844. The summed E-state index contributed by atoms with van der Waals surface area (Å²) in [6.45, 7) is 3.89. The van der Waals surface area contributed by atoms with Gasteiger partial charge in [-0.15, -0.1) is 0 Å². The number of hydrogen-bond donors (Lipinski definition) is 2. The van der Waals surface area contributed by atoms with Crippen LogP contribution in [0.3, 0.4) is 0 Å². The maximum Gasteiger partial charge on any atom is 0.320 e. The molecule has 0 saturated carbocycles. The normalized spacial score (nSPS) is 25.8. The van der Waals surface area contributed by atoms with Gasteiger partial charge in [-0.1, -0.05) is 13.8 Å². The summed E-state index contributed by atoms with van der Waals surface area (Å²) >= 11 is 0. The summed E-state index contributed by atoms with van der Waals surface area (Å²) < 4.78 is 22.5. The van der Waals surface area contributed by atoms with Crippen LogP contribution in [0.15, 0.2) is 0 Å². The predicted octanol–water partition coefficient (Wildman–Crippen LogP) is 0.262. The Bertz CT molecular complexity index is 350. The number of nitrogens with one attached hydrogen (secondary N) is 1. The van der Waals surface area contributed by atoms with E-state index < -0.39 is 21.8 Å². The van der Waals surface area contributed by atoms with Gasteiger partial charge in [-0.3, -0.25) is 4.79 Å². The van der Waals surface area contributed by atoms with Crippen LogP contribution in [0.2, 0.25) is 0 Å². The SMILES string of the molecule is CC(C)C[C@@H](NC1CCS(=O)(=O)C1)C(=O)O. The second-order valence-corrected chi connectivity index (χ2v) is 7.02. The van der Waals surface area contributed by atoms with Crippen molar-refractivity contribution in [2.24, 2.45) is 5.92 Å². The molecule has 94 valence electrons. The van der Waals surface area contributed by atoms with Crippen LogP contribution in [-0.2, 0) is 14.6 Å². The van der Waals surface area contributed by atoms with E-state index in [-0.39, 0.29) is 23.5 Å². The molecule has 1 fully saturated rings. The Morgan fingerprint density at radius 3 is 2.50 bits per heavy atom. The first-order chi connectivity index (χ1) is 7.30. The Hall–Kier alpha value is -0.620. The lowest BCUT2D eigenvalue weighted by molar-refractivity contribution is -0.140. The topological polar surface area (TPSA) is 83.5 Å². The number of sulfone groups is 1. The molecular weight excluding hydrogens is 230 g/mol. The van der Waals surface area contributed by atoms with Crippen LogP contribution in [-0.4, -0.2) is 43.1 Å². The minimum absolute atomic E-state index is 0.0644. The van der Waals surface area contributed by atoms with Crippen LogP contribution < -0.4 is 5.32 Å². The van der Waals surface area contributed by atoms with Crippen molar-refractivity contribution in [2.75, 3.05) is 11.5 Å². The smallest absolute Gasteiger partial charge is 0.320 e. The Balaban J connectivity index is 2.53. The highest BCUT2D eigenvalue weighted by Crippen LogP contribution is 2.14. The van der Waals surface area contributed by atoms with E-state index in [1.54, 1.807) is 0 Å². The van der Waals surface area contributed by atoms with E-state index in [4.69, 9.17) is 5.11 Å². The van der Waals surface area contributed by atoms with Crippen molar-refractivity contribution in [1.82, 2.24) is 5.32 Å². The second kappa shape index (κ2) is 5.14. The highest BCUT2D eigenvalue weighted by molar-refractivity contribution is 7.91. The quantitative estimate of drug-likeness (QED) is 0.730. The zero-order chi connectivity index (χ0) is 12.3. The lowest BCUT2D eigenvalue weighted by Gasteiger charge is -2.20. The number of carbonyl (C=O) groups is 1. The van der Waals surface area contributed by atoms with Crippen molar-refractivity contribution in [2.45, 2.75) is 38.8 Å². The van der Waals surface area contributed by atoms with Crippen LogP contribution in [0.4, 0.5) is 0 Å². The molecule has 1 aliphatic heterocycles. The summed E-state index contributed by atoms with van der Waals surface area (Å²) in [5.74, 6) is -0.405. The van der Waals surface area contributed by atoms with Crippen molar-refractivity contribution < 1.29 is 18.3 Å². The molecule has 1 heterocycles. The molecule has 5 nitrogen and oxygen atoms in total. The zero-order valence-electron chi connectivity index (χ0n) is 9.64. The number of carboxylic acid groups (broad SMARTS) is 1. The van der Waals surface area contributed by atoms with Crippen molar-refractivity contribution in [3.05, 3.63) is 0 Å². The minimum atomic E-state index is -2.95. The van der Waals surface area contributed by atoms with Gasteiger partial charge in [0.25, 0.3) is 0 Å². The van der Waals surface area contributed by atoms with Gasteiger partial charge in [0, 0.05) is 6.04 Å². The van der Waals surface area contributed by atoms with Gasteiger partial charge in [0.05, 0.1) is 11.5 Å². The van der Waals surface area contributed by atoms with Crippen LogP contribution >= 0.6 is 0 Å². The molecule has 1 rings (SSSR count). The van der Waals surface area contributed by atoms with Gasteiger partial charge < -0.3 is 10.4 Å². The second-order valence-electron chi connectivity index (χ2n) is 4.79. The summed E-state index contributed by atoms with van der Waals surface area (Å²) in [4.78, 5) is 11.0. The molecule has 1 saturated heterocycles. The van der Waals surface area contributed by atoms with Gasteiger partial charge in [0.1, 0.15) is 6.04 Å². The van der Waals surface area contributed by atoms with Crippen LogP contribution in [0, 0.1) is 5.92 Å². The van der Waals surface area contributed by atoms with E-state index in [2.05, 4.69) is 5.32 Å². The van der Waals surface area contributed by atoms with Crippen molar-refractivity contribution in [1.29, 1.82) is 0 Å². The maximum atomic E-state index is 11.2. The maximum absolute atomic E-state index is 11.2. The number of rotatable bonds is 5. The molecule has 6 heteroatoms. The predicted molar refractivity (Wildman–Crippen MR) is 61.1 cm³/mol. The monoisotopic (exact) mass is 249 g/mol. The third kappa shape index (κ3) is 4.09. The highest BCUT2D eigenvalue weighted by atomic mass is 32.2. The van der Waals surface area contributed by atoms with E-state index >= 15 is 0 Å². The Labute approximate surface area is 96.1 Å². The molecule has 16 heavy (non-hydrogen) atoms. The van der Waals surface area contributed by atoms with E-state index in [1.165, 1.54) is 0 Å². The van der Waals surface area contributed by atoms with Gasteiger partial charge >= 0.3 is 5.97 Å². The number of hydrogen-bond acceptors (Lipinski definition) is 4. The molecular formula is C10H19NO4S. The lowest BCUT2D eigenvalue weighted by atomic mass is 10.0. The molecule has 0 aromatic rings. The van der Waals surface area contributed by atoms with Gasteiger partial charge in [-0.25, -0.2) is 8.42 Å². The summed E-state index contributed by atoms with van der Waals surface area (Å²) in [6.07, 6.45) is 1.04. The molecule has 0 aromatic carbocycles. The van der Waals surface area contributed by atoms with Crippen molar-refractivity contribution in [3.8, 4) is 0 Å². The third-order valence-corrected chi connectivity index (χ3v) is 4.44. The third-order valence-electron chi connectivity index (χ3n) is 2.67. The average Bonchev–Trinajstić information content (AvgIpc) is 2.43. The Kier molecular flexibility index (Phi) is 4.32. The van der Waals surface area contributed by atoms with E-state index in [0.29, 0.717) is 12.8 Å². The number of aliphatic carboxylic acids is 1. The molecule has 2 N–H and O–H groups in total. The fourth-order valence-electron chi connectivity index (χ4n) is 1.92. The van der Waals surface area contributed by atoms with Crippen LogP contribution in [0.5, 0.6) is 0 Å². The largest absolute Gasteiger partial charge is 0.480 e. The van der Waals surface area contributed by atoms with Crippen molar-refractivity contribution in [3.63, 3.8) is 0 Å². The van der Waals surface area contributed by atoms with Crippen LogP contribution in [0.1, 0.15) is 26.7 Å². The van der Waals surface area contributed by atoms with E-state index in [1.807, 2.05) is 13.8 Å². The molecule has 2 atom stereocenters. The van der Waals surface area contributed by atoms with Gasteiger partial charge in [-0.2, -0.15) is 0 Å². The first-order valence-corrected chi connectivity index (χ1v) is 7.31. The summed E-state index contributed by atoms with van der Waals surface area (Å²) in [5, 5.41) is 11.9. The van der Waals surface area contributed by atoms with Crippen molar-refractivity contribution >= 4 is 15.8 Å². The van der Waals surface area contributed by atoms with Gasteiger partial charge in [-0.05, 0) is 18.8 Å². The fraction of sp³-hybridized carbons (Fsp3) is 0.900. The zero-order valence-corrected chi connectivity index (χ0v) is 10.5. The number of carboxylic acids is 1. The van der Waals surface area contributed by atoms with Gasteiger partial charge in [0.15, 0.2) is 9.84 Å². The molecule has 1 unspecified atom stereocenters. The molecule has 0 radical (unpaired) electrons. The molecule has 1 aliphatic rings. The summed E-state index contributed by atoms with van der Waals surface area (Å²) in [7, 11) is -2.95.